The van der Waals surface area contributed by atoms with E-state index in [4.69, 9.17) is 21.9 Å². The minimum absolute atomic E-state index is 0.00931. The Bertz CT molecular complexity index is 780. The van der Waals surface area contributed by atoms with Gasteiger partial charge in [0.15, 0.2) is 0 Å². The molecule has 0 fully saturated rings. The Labute approximate surface area is 123 Å². The summed E-state index contributed by atoms with van der Waals surface area (Å²) >= 11 is 5.83. The van der Waals surface area contributed by atoms with Crippen LogP contribution in [0.4, 0.5) is 14.7 Å². The van der Waals surface area contributed by atoms with E-state index >= 15 is 0 Å². The number of aromatic nitrogens is 1. The van der Waals surface area contributed by atoms with Crippen LogP contribution in [0.5, 0.6) is 0 Å². The van der Waals surface area contributed by atoms with E-state index < -0.39 is 11.6 Å². The number of benzene rings is 2. The predicted molar refractivity (Wildman–Crippen MR) is 76.7 cm³/mol. The molecule has 106 valence electrons. The molecule has 0 aliphatic carbocycles. The Balaban J connectivity index is 2.19. The van der Waals surface area contributed by atoms with Gasteiger partial charge in [-0.1, -0.05) is 28.9 Å². The molecule has 0 aliphatic heterocycles. The summed E-state index contributed by atoms with van der Waals surface area (Å²) in [6.07, 6.45) is 0. The van der Waals surface area contributed by atoms with Gasteiger partial charge < -0.3 is 10.3 Å². The smallest absolute Gasteiger partial charge is 0.230 e. The van der Waals surface area contributed by atoms with Gasteiger partial charge >= 0.3 is 0 Å². The number of nitrogens with zero attached hydrogens (tertiary/aromatic N) is 1. The van der Waals surface area contributed by atoms with Crippen molar-refractivity contribution in [2.45, 2.75) is 0 Å². The topological polar surface area (TPSA) is 52.0 Å². The highest BCUT2D eigenvalue weighted by Crippen LogP contribution is 2.37. The molecule has 0 unspecified atom stereocenters. The lowest BCUT2D eigenvalue weighted by Crippen LogP contribution is -1.90. The first kappa shape index (κ1) is 13.6. The normalized spacial score (nSPS) is 10.8. The molecular formula is C15H9ClF2N2O. The Hall–Kier alpha value is -2.40. The zero-order chi connectivity index (χ0) is 15.0. The number of halogens is 3. The van der Waals surface area contributed by atoms with Gasteiger partial charge in [0.05, 0.1) is 5.56 Å². The van der Waals surface area contributed by atoms with Crippen molar-refractivity contribution in [2.75, 3.05) is 5.73 Å². The van der Waals surface area contributed by atoms with Crippen molar-refractivity contribution in [2.24, 2.45) is 0 Å². The van der Waals surface area contributed by atoms with E-state index in [-0.39, 0.29) is 11.4 Å². The van der Waals surface area contributed by atoms with Gasteiger partial charge in [-0.25, -0.2) is 8.78 Å². The minimum Gasteiger partial charge on any atom is -0.367 e. The first-order valence-electron chi connectivity index (χ1n) is 6.02. The highest BCUT2D eigenvalue weighted by molar-refractivity contribution is 6.30. The molecule has 0 bridgehead atoms. The van der Waals surface area contributed by atoms with Crippen molar-refractivity contribution < 1.29 is 13.3 Å². The van der Waals surface area contributed by atoms with Crippen LogP contribution in [0.1, 0.15) is 0 Å². The molecule has 2 aromatic carbocycles. The monoisotopic (exact) mass is 306 g/mol. The highest BCUT2D eigenvalue weighted by Gasteiger charge is 2.18. The van der Waals surface area contributed by atoms with Gasteiger partial charge in [-0.2, -0.15) is 0 Å². The van der Waals surface area contributed by atoms with E-state index in [1.54, 1.807) is 24.3 Å². The molecule has 3 rings (SSSR count). The standard InChI is InChI=1S/C15H9ClF2N2O/c16-10-3-1-8(2-4-10)14-13(15(19)21-20-14)9-5-11(17)7-12(18)6-9/h1-7H,19H2. The van der Waals surface area contributed by atoms with Gasteiger partial charge in [-0.15, -0.1) is 0 Å². The van der Waals surface area contributed by atoms with Crippen LogP contribution in [0, 0.1) is 11.6 Å². The lowest BCUT2D eigenvalue weighted by atomic mass is 10.0. The summed E-state index contributed by atoms with van der Waals surface area (Å²) in [6, 6.07) is 9.93. The number of anilines is 1. The highest BCUT2D eigenvalue weighted by atomic mass is 35.5. The fourth-order valence-corrected chi connectivity index (χ4v) is 2.21. The molecule has 0 atom stereocenters. The summed E-state index contributed by atoms with van der Waals surface area (Å²) in [6.45, 7) is 0. The maximum Gasteiger partial charge on any atom is 0.230 e. The number of nitrogens with two attached hydrogens (primary N) is 1. The van der Waals surface area contributed by atoms with Crippen molar-refractivity contribution in [3.63, 3.8) is 0 Å². The van der Waals surface area contributed by atoms with Crippen LogP contribution in [0.3, 0.4) is 0 Å². The molecule has 0 saturated heterocycles. The van der Waals surface area contributed by atoms with Crippen LogP contribution in [-0.4, -0.2) is 5.16 Å². The molecule has 0 amide bonds. The van der Waals surface area contributed by atoms with Gasteiger partial charge in [0.2, 0.25) is 5.88 Å². The fourth-order valence-electron chi connectivity index (χ4n) is 2.08. The second-order valence-electron chi connectivity index (χ2n) is 4.44. The Morgan fingerprint density at radius 3 is 2.19 bits per heavy atom. The van der Waals surface area contributed by atoms with E-state index in [2.05, 4.69) is 5.16 Å². The van der Waals surface area contributed by atoms with Gasteiger partial charge in [0, 0.05) is 16.7 Å². The second-order valence-corrected chi connectivity index (χ2v) is 4.87. The third-order valence-electron chi connectivity index (χ3n) is 2.99. The van der Waals surface area contributed by atoms with Gasteiger partial charge in [-0.05, 0) is 29.8 Å². The van der Waals surface area contributed by atoms with Crippen LogP contribution >= 0.6 is 11.6 Å². The van der Waals surface area contributed by atoms with Crippen molar-refractivity contribution in [1.82, 2.24) is 5.16 Å². The molecule has 21 heavy (non-hydrogen) atoms. The third-order valence-corrected chi connectivity index (χ3v) is 3.24. The van der Waals surface area contributed by atoms with Crippen molar-refractivity contribution >= 4 is 17.5 Å². The molecule has 0 spiro atoms. The van der Waals surface area contributed by atoms with E-state index in [0.717, 1.165) is 6.07 Å². The first-order valence-corrected chi connectivity index (χ1v) is 6.40. The van der Waals surface area contributed by atoms with Crippen molar-refractivity contribution in [1.29, 1.82) is 0 Å². The first-order chi connectivity index (χ1) is 10.0. The summed E-state index contributed by atoms with van der Waals surface area (Å²) < 4.78 is 31.7. The number of nitrogen functional groups attached to an aromatic ring is 1. The lowest BCUT2D eigenvalue weighted by Gasteiger charge is -2.04. The van der Waals surface area contributed by atoms with E-state index in [1.807, 2.05) is 0 Å². The molecule has 0 aliphatic rings. The number of hydrogen-bond acceptors (Lipinski definition) is 3. The van der Waals surface area contributed by atoms with Crippen molar-refractivity contribution in [3.8, 4) is 22.4 Å². The molecule has 3 nitrogen and oxygen atoms in total. The maximum absolute atomic E-state index is 13.4. The third kappa shape index (κ3) is 2.60. The largest absolute Gasteiger partial charge is 0.367 e. The summed E-state index contributed by atoms with van der Waals surface area (Å²) in [5.74, 6) is -1.41. The molecule has 2 N–H and O–H groups in total. The van der Waals surface area contributed by atoms with Gasteiger partial charge in [0.1, 0.15) is 17.3 Å². The van der Waals surface area contributed by atoms with Gasteiger partial charge in [-0.3, -0.25) is 0 Å². The summed E-state index contributed by atoms with van der Waals surface area (Å²) in [5.41, 5.74) is 7.42. The lowest BCUT2D eigenvalue weighted by molar-refractivity contribution is 0.439. The maximum atomic E-state index is 13.4. The predicted octanol–water partition coefficient (Wildman–Crippen LogP) is 4.52. The van der Waals surface area contributed by atoms with Crippen LogP contribution in [0.2, 0.25) is 5.02 Å². The number of hydrogen-bond donors (Lipinski definition) is 1. The van der Waals surface area contributed by atoms with E-state index in [1.165, 1.54) is 12.1 Å². The molecule has 3 aromatic rings. The van der Waals surface area contributed by atoms with Crippen LogP contribution in [0.25, 0.3) is 22.4 Å². The summed E-state index contributed by atoms with van der Waals surface area (Å²) in [5, 5.41) is 4.43. The molecular weight excluding hydrogens is 298 g/mol. The Morgan fingerprint density at radius 1 is 0.952 bits per heavy atom. The van der Waals surface area contributed by atoms with E-state index in [0.29, 0.717) is 21.8 Å². The summed E-state index contributed by atoms with van der Waals surface area (Å²) in [4.78, 5) is 0. The Morgan fingerprint density at radius 2 is 1.57 bits per heavy atom. The molecule has 6 heteroatoms. The molecule has 0 saturated carbocycles. The average Bonchev–Trinajstić information content (AvgIpc) is 2.80. The van der Waals surface area contributed by atoms with Crippen LogP contribution in [-0.2, 0) is 0 Å². The minimum atomic E-state index is -0.701. The van der Waals surface area contributed by atoms with Crippen LogP contribution in [0.15, 0.2) is 47.0 Å². The molecule has 1 aromatic heterocycles. The van der Waals surface area contributed by atoms with E-state index in [9.17, 15) is 8.78 Å². The van der Waals surface area contributed by atoms with Crippen LogP contribution < -0.4 is 5.73 Å². The zero-order valence-corrected chi connectivity index (χ0v) is 11.4. The zero-order valence-electron chi connectivity index (χ0n) is 10.6. The molecule has 0 radical (unpaired) electrons. The SMILES string of the molecule is Nc1onc(-c2ccc(Cl)cc2)c1-c1cc(F)cc(F)c1. The van der Waals surface area contributed by atoms with Crippen molar-refractivity contribution in [3.05, 3.63) is 59.1 Å². The Kier molecular flexibility index (Phi) is 3.35. The molecule has 1 heterocycles. The summed E-state index contributed by atoms with van der Waals surface area (Å²) in [7, 11) is 0. The second kappa shape index (κ2) is 5.18. The quantitative estimate of drug-likeness (QED) is 0.757. The average molecular weight is 307 g/mol. The fraction of sp³-hybridized carbons (Fsp3) is 0. The van der Waals surface area contributed by atoms with Gasteiger partial charge in [0.25, 0.3) is 0 Å². The number of rotatable bonds is 2.